The molecule has 7 nitrogen and oxygen atoms in total. The summed E-state index contributed by atoms with van der Waals surface area (Å²) in [4.78, 5) is 22.3. The number of carbonyl (C=O) groups is 1. The van der Waals surface area contributed by atoms with E-state index in [-0.39, 0.29) is 35.8 Å². The molecule has 0 atom stereocenters. The third-order valence-corrected chi connectivity index (χ3v) is 3.29. The summed E-state index contributed by atoms with van der Waals surface area (Å²) in [6.07, 6.45) is -4.45. The van der Waals surface area contributed by atoms with E-state index in [1.54, 1.807) is 6.07 Å². The minimum atomic E-state index is -4.45. The van der Waals surface area contributed by atoms with Gasteiger partial charge in [0.1, 0.15) is 11.4 Å². The summed E-state index contributed by atoms with van der Waals surface area (Å²) in [6.45, 7) is -1.29. The Morgan fingerprint density at radius 3 is 2.59 bits per heavy atom. The van der Waals surface area contributed by atoms with E-state index in [0.717, 1.165) is 0 Å². The maximum Gasteiger partial charge on any atom is 0.422 e. The third-order valence-electron chi connectivity index (χ3n) is 3.29. The molecule has 10 heteroatoms. The minimum absolute atomic E-state index is 0.000313. The molecular weight excluding hydrogens is 367 g/mol. The first kappa shape index (κ1) is 20.0. The van der Waals surface area contributed by atoms with Crippen LogP contribution in [0.3, 0.4) is 0 Å². The van der Waals surface area contributed by atoms with Gasteiger partial charge in [-0.3, -0.25) is 14.9 Å². The Morgan fingerprint density at radius 1 is 1.15 bits per heavy atom. The number of anilines is 2. The van der Waals surface area contributed by atoms with E-state index in [1.165, 1.54) is 42.5 Å². The zero-order chi connectivity index (χ0) is 19.9. The normalized spacial score (nSPS) is 10.9. The van der Waals surface area contributed by atoms with Gasteiger partial charge in [0.05, 0.1) is 4.92 Å². The van der Waals surface area contributed by atoms with Crippen molar-refractivity contribution in [2.24, 2.45) is 0 Å². The largest absolute Gasteiger partial charge is 0.484 e. The molecule has 0 saturated heterocycles. The maximum atomic E-state index is 12.2. The first-order valence-corrected chi connectivity index (χ1v) is 7.81. The van der Waals surface area contributed by atoms with E-state index in [2.05, 4.69) is 15.4 Å². The number of carbonyl (C=O) groups excluding carboxylic acids is 1. The molecule has 0 radical (unpaired) electrons. The van der Waals surface area contributed by atoms with Gasteiger partial charge in [0.2, 0.25) is 5.91 Å². The van der Waals surface area contributed by atoms with Crippen LogP contribution in [-0.4, -0.2) is 30.2 Å². The van der Waals surface area contributed by atoms with Crippen molar-refractivity contribution >= 4 is 23.0 Å². The van der Waals surface area contributed by atoms with Gasteiger partial charge in [-0.25, -0.2) is 0 Å². The van der Waals surface area contributed by atoms with Gasteiger partial charge in [-0.05, 0) is 18.2 Å². The van der Waals surface area contributed by atoms with E-state index in [4.69, 9.17) is 0 Å². The summed E-state index contributed by atoms with van der Waals surface area (Å²) in [7, 11) is 0. The molecule has 0 bridgehead atoms. The number of alkyl halides is 3. The highest BCUT2D eigenvalue weighted by Gasteiger charge is 2.28. The van der Waals surface area contributed by atoms with Crippen molar-refractivity contribution < 1.29 is 27.6 Å². The first-order chi connectivity index (χ1) is 12.7. The van der Waals surface area contributed by atoms with Gasteiger partial charge in [-0.1, -0.05) is 18.2 Å². The predicted molar refractivity (Wildman–Crippen MR) is 92.8 cm³/mol. The molecule has 27 heavy (non-hydrogen) atoms. The van der Waals surface area contributed by atoms with Crippen LogP contribution in [-0.2, 0) is 4.79 Å². The Labute approximate surface area is 152 Å². The SMILES string of the molecule is O=C(CCNc1ccccc1[N+](=O)[O-])Nc1cccc(OCC(F)(F)F)c1. The molecule has 0 saturated carbocycles. The number of ether oxygens (including phenoxy) is 1. The molecular formula is C17H16F3N3O4. The molecule has 1 amide bonds. The summed E-state index contributed by atoms with van der Waals surface area (Å²) < 4.78 is 41.1. The molecule has 0 aliphatic rings. The van der Waals surface area contributed by atoms with Crippen LogP contribution < -0.4 is 15.4 Å². The van der Waals surface area contributed by atoms with Gasteiger partial charge >= 0.3 is 6.18 Å². The lowest BCUT2D eigenvalue weighted by atomic mass is 10.2. The smallest absolute Gasteiger partial charge is 0.422 e. The van der Waals surface area contributed by atoms with E-state index in [1.807, 2.05) is 0 Å². The van der Waals surface area contributed by atoms with Crippen molar-refractivity contribution in [3.05, 3.63) is 58.6 Å². The molecule has 0 aliphatic heterocycles. The second-order valence-corrected chi connectivity index (χ2v) is 5.43. The van der Waals surface area contributed by atoms with E-state index in [9.17, 15) is 28.1 Å². The fourth-order valence-corrected chi connectivity index (χ4v) is 2.15. The van der Waals surface area contributed by atoms with Crippen molar-refractivity contribution in [3.63, 3.8) is 0 Å². The van der Waals surface area contributed by atoms with Crippen LogP contribution >= 0.6 is 0 Å². The molecule has 2 aromatic carbocycles. The number of nitro benzene ring substituents is 1. The highest BCUT2D eigenvalue weighted by Crippen LogP contribution is 2.23. The number of rotatable bonds is 8. The Balaban J connectivity index is 1.85. The highest BCUT2D eigenvalue weighted by atomic mass is 19.4. The van der Waals surface area contributed by atoms with Crippen molar-refractivity contribution in [3.8, 4) is 5.75 Å². The van der Waals surface area contributed by atoms with Gasteiger partial charge in [0, 0.05) is 30.8 Å². The minimum Gasteiger partial charge on any atom is -0.484 e. The molecule has 2 aromatic rings. The molecule has 2 rings (SSSR count). The van der Waals surface area contributed by atoms with Crippen LogP contribution in [0.4, 0.5) is 30.2 Å². The Hall–Kier alpha value is -3.30. The lowest BCUT2D eigenvalue weighted by molar-refractivity contribution is -0.384. The number of hydrogen-bond donors (Lipinski definition) is 2. The van der Waals surface area contributed by atoms with Gasteiger partial charge < -0.3 is 15.4 Å². The van der Waals surface area contributed by atoms with Crippen LogP contribution in [0, 0.1) is 10.1 Å². The van der Waals surface area contributed by atoms with Crippen LogP contribution in [0.15, 0.2) is 48.5 Å². The van der Waals surface area contributed by atoms with Crippen LogP contribution in [0.25, 0.3) is 0 Å². The fourth-order valence-electron chi connectivity index (χ4n) is 2.15. The van der Waals surface area contributed by atoms with Gasteiger partial charge in [0.25, 0.3) is 5.69 Å². The standard InChI is InChI=1S/C17H16F3N3O4/c18-17(19,20)11-27-13-5-3-4-12(10-13)22-16(24)8-9-21-14-6-1-2-7-15(14)23(25)26/h1-7,10,21H,8-9,11H2,(H,22,24). The fraction of sp³-hybridized carbons (Fsp3) is 0.235. The number of nitro groups is 1. The topological polar surface area (TPSA) is 93.5 Å². The van der Waals surface area contributed by atoms with Crippen molar-refractivity contribution in [2.75, 3.05) is 23.8 Å². The Morgan fingerprint density at radius 2 is 1.89 bits per heavy atom. The summed E-state index contributed by atoms with van der Waals surface area (Å²) in [5.74, 6) is -0.433. The van der Waals surface area contributed by atoms with Crippen LogP contribution in [0.2, 0.25) is 0 Å². The number of benzene rings is 2. The van der Waals surface area contributed by atoms with Crippen LogP contribution in [0.5, 0.6) is 5.75 Å². The van der Waals surface area contributed by atoms with E-state index in [0.29, 0.717) is 0 Å². The van der Waals surface area contributed by atoms with Gasteiger partial charge in [-0.2, -0.15) is 13.2 Å². The monoisotopic (exact) mass is 383 g/mol. The summed E-state index contributed by atoms with van der Waals surface area (Å²) >= 11 is 0. The number of nitrogens with one attached hydrogen (secondary N) is 2. The Bertz CT molecular complexity index is 812. The predicted octanol–water partition coefficient (Wildman–Crippen LogP) is 3.98. The van der Waals surface area contributed by atoms with Crippen molar-refractivity contribution in [1.29, 1.82) is 0 Å². The zero-order valence-corrected chi connectivity index (χ0v) is 14.0. The van der Waals surface area contributed by atoms with Crippen LogP contribution in [0.1, 0.15) is 6.42 Å². The molecule has 0 unspecified atom stereocenters. The summed E-state index contributed by atoms with van der Waals surface area (Å²) in [5.41, 5.74) is 0.468. The molecule has 0 heterocycles. The molecule has 0 spiro atoms. The molecule has 144 valence electrons. The molecule has 0 aliphatic carbocycles. The second kappa shape index (κ2) is 8.88. The third kappa shape index (κ3) is 6.84. The zero-order valence-electron chi connectivity index (χ0n) is 14.0. The first-order valence-electron chi connectivity index (χ1n) is 7.81. The number of amides is 1. The van der Waals surface area contributed by atoms with Gasteiger partial charge in [-0.15, -0.1) is 0 Å². The highest BCUT2D eigenvalue weighted by molar-refractivity contribution is 5.91. The maximum absolute atomic E-state index is 12.2. The number of hydrogen-bond acceptors (Lipinski definition) is 5. The average molecular weight is 383 g/mol. The van der Waals surface area contributed by atoms with Crippen molar-refractivity contribution in [2.45, 2.75) is 12.6 Å². The summed E-state index contributed by atoms with van der Waals surface area (Å²) in [6, 6.07) is 11.6. The lowest BCUT2D eigenvalue weighted by Gasteiger charge is -2.11. The number of para-hydroxylation sites is 2. The van der Waals surface area contributed by atoms with Crippen molar-refractivity contribution in [1.82, 2.24) is 0 Å². The Kier molecular flexibility index (Phi) is 6.58. The second-order valence-electron chi connectivity index (χ2n) is 5.43. The number of halogens is 3. The van der Waals surface area contributed by atoms with E-state index >= 15 is 0 Å². The average Bonchev–Trinajstić information content (AvgIpc) is 2.60. The molecule has 0 fully saturated rings. The summed E-state index contributed by atoms with van der Waals surface area (Å²) in [5, 5.41) is 16.2. The number of nitrogens with zero attached hydrogens (tertiary/aromatic N) is 1. The quantitative estimate of drug-likeness (QED) is 0.531. The lowest BCUT2D eigenvalue weighted by Crippen LogP contribution is -2.19. The molecule has 0 aromatic heterocycles. The van der Waals surface area contributed by atoms with Gasteiger partial charge in [0.15, 0.2) is 6.61 Å². The molecule has 2 N–H and O–H groups in total. The van der Waals surface area contributed by atoms with E-state index < -0.39 is 23.6 Å².